The topological polar surface area (TPSA) is 75.3 Å². The summed E-state index contributed by atoms with van der Waals surface area (Å²) in [5.74, 6) is -0.224. The van der Waals surface area contributed by atoms with E-state index in [4.69, 9.17) is 5.73 Å². The Balaban J connectivity index is 2.18. The Hall–Kier alpha value is -2.01. The first-order valence-electron chi connectivity index (χ1n) is 6.54. The third-order valence-electron chi connectivity index (χ3n) is 3.05. The minimum atomic E-state index is -0.259. The summed E-state index contributed by atoms with van der Waals surface area (Å²) < 4.78 is 0. The smallest absolute Gasteiger partial charge is 0.254 e. The van der Waals surface area contributed by atoms with E-state index in [1.165, 1.54) is 18.2 Å². The first-order valence-corrected chi connectivity index (χ1v) is 7.42. The number of carbonyl (C=O) groups is 1. The van der Waals surface area contributed by atoms with Gasteiger partial charge in [-0.2, -0.15) is 0 Å². The number of phenols is 1. The Bertz CT molecular complexity index is 582. The fourth-order valence-corrected chi connectivity index (χ4v) is 2.85. The van der Waals surface area contributed by atoms with Crippen molar-refractivity contribution in [1.82, 2.24) is 5.32 Å². The van der Waals surface area contributed by atoms with Gasteiger partial charge in [0, 0.05) is 10.6 Å². The first kappa shape index (κ1) is 14.4. The van der Waals surface area contributed by atoms with Crippen LogP contribution < -0.4 is 11.1 Å². The lowest BCUT2D eigenvalue weighted by Crippen LogP contribution is -2.28. The summed E-state index contributed by atoms with van der Waals surface area (Å²) in [4.78, 5) is 13.4. The van der Waals surface area contributed by atoms with E-state index in [9.17, 15) is 9.90 Å². The van der Waals surface area contributed by atoms with E-state index in [2.05, 4.69) is 12.2 Å². The fraction of sp³-hybridized carbons (Fsp3) is 0.267. The van der Waals surface area contributed by atoms with E-state index >= 15 is 0 Å². The molecule has 0 radical (unpaired) electrons. The largest absolute Gasteiger partial charge is 0.508 e. The van der Waals surface area contributed by atoms with Gasteiger partial charge >= 0.3 is 0 Å². The highest BCUT2D eigenvalue weighted by Gasteiger charge is 2.17. The molecule has 4 N–H and O–H groups in total. The molecule has 106 valence electrons. The molecule has 0 saturated carbocycles. The first-order chi connectivity index (χ1) is 9.61. The summed E-state index contributed by atoms with van der Waals surface area (Å²) in [7, 11) is 0. The molecule has 0 bridgehead atoms. The number of amides is 1. The molecule has 1 heterocycles. The molecule has 1 amide bonds. The van der Waals surface area contributed by atoms with Crippen molar-refractivity contribution < 1.29 is 9.90 Å². The molecule has 0 aliphatic heterocycles. The molecule has 5 heteroatoms. The van der Waals surface area contributed by atoms with Gasteiger partial charge in [-0.15, -0.1) is 11.3 Å². The summed E-state index contributed by atoms with van der Waals surface area (Å²) in [6, 6.07) is 8.35. The van der Waals surface area contributed by atoms with Crippen molar-refractivity contribution in [3.05, 3.63) is 46.2 Å². The molecule has 0 spiro atoms. The summed E-state index contributed by atoms with van der Waals surface area (Å²) in [5, 5.41) is 14.5. The van der Waals surface area contributed by atoms with Crippen LogP contribution in [-0.2, 0) is 0 Å². The maximum absolute atomic E-state index is 12.3. The molecule has 2 aromatic rings. The Morgan fingerprint density at radius 2 is 2.25 bits per heavy atom. The zero-order valence-electron chi connectivity index (χ0n) is 11.3. The molecule has 1 aromatic heterocycles. The lowest BCUT2D eigenvalue weighted by atomic mass is 10.1. The number of phenolic OH excluding ortho intramolecular Hbond substituents is 1. The maximum atomic E-state index is 12.3. The zero-order valence-corrected chi connectivity index (χ0v) is 12.1. The van der Waals surface area contributed by atoms with Crippen molar-refractivity contribution in [1.29, 1.82) is 0 Å². The van der Waals surface area contributed by atoms with Crippen molar-refractivity contribution >= 4 is 22.9 Å². The van der Waals surface area contributed by atoms with Crippen LogP contribution in [0.1, 0.15) is 41.0 Å². The third kappa shape index (κ3) is 3.30. The van der Waals surface area contributed by atoms with E-state index in [-0.39, 0.29) is 17.7 Å². The molecule has 1 aromatic carbocycles. The number of thiophene rings is 1. The number of benzene rings is 1. The number of hydrogen-bond acceptors (Lipinski definition) is 4. The number of aromatic hydroxyl groups is 1. The van der Waals surface area contributed by atoms with Gasteiger partial charge in [-0.3, -0.25) is 4.79 Å². The Morgan fingerprint density at radius 1 is 1.45 bits per heavy atom. The van der Waals surface area contributed by atoms with Gasteiger partial charge in [0.25, 0.3) is 5.91 Å². The molecular weight excluding hydrogens is 272 g/mol. The third-order valence-corrected chi connectivity index (χ3v) is 4.04. The average Bonchev–Trinajstić information content (AvgIpc) is 2.95. The minimum Gasteiger partial charge on any atom is -0.508 e. The van der Waals surface area contributed by atoms with Crippen LogP contribution in [0.2, 0.25) is 0 Å². The second kappa shape index (κ2) is 6.43. The Kier molecular flexibility index (Phi) is 4.63. The van der Waals surface area contributed by atoms with Crippen LogP contribution in [0.15, 0.2) is 35.7 Å². The van der Waals surface area contributed by atoms with Gasteiger partial charge in [0.05, 0.1) is 11.6 Å². The summed E-state index contributed by atoms with van der Waals surface area (Å²) in [6.45, 7) is 2.08. The Morgan fingerprint density at radius 3 is 2.90 bits per heavy atom. The monoisotopic (exact) mass is 290 g/mol. The molecule has 0 fully saturated rings. The molecule has 20 heavy (non-hydrogen) atoms. The predicted molar refractivity (Wildman–Crippen MR) is 82.0 cm³/mol. The molecule has 0 aliphatic rings. The molecule has 1 unspecified atom stereocenters. The SMILES string of the molecule is CCCC(NC(=O)c1cc(O)ccc1N)c1cccs1. The average molecular weight is 290 g/mol. The van der Waals surface area contributed by atoms with E-state index in [0.29, 0.717) is 11.3 Å². The second-order valence-electron chi connectivity index (χ2n) is 4.60. The standard InChI is InChI=1S/C15H18N2O2S/c1-2-4-13(14-5-3-8-20-14)17-15(19)11-9-10(18)6-7-12(11)16/h3,5-9,13,18H,2,4,16H2,1H3,(H,17,19). The van der Waals surface area contributed by atoms with Crippen molar-refractivity contribution in [2.24, 2.45) is 0 Å². The summed E-state index contributed by atoms with van der Waals surface area (Å²) >= 11 is 1.62. The van der Waals surface area contributed by atoms with E-state index in [0.717, 1.165) is 17.7 Å². The van der Waals surface area contributed by atoms with Crippen molar-refractivity contribution in [3.8, 4) is 5.75 Å². The van der Waals surface area contributed by atoms with E-state index < -0.39 is 0 Å². The minimum absolute atomic E-state index is 0.0192. The molecular formula is C15H18N2O2S. The number of carbonyl (C=O) groups excluding carboxylic acids is 1. The Labute approximate surface area is 122 Å². The van der Waals surface area contributed by atoms with Crippen LogP contribution >= 0.6 is 11.3 Å². The van der Waals surface area contributed by atoms with Gasteiger partial charge in [-0.05, 0) is 36.1 Å². The number of hydrogen-bond donors (Lipinski definition) is 3. The van der Waals surface area contributed by atoms with Gasteiger partial charge in [-0.1, -0.05) is 19.4 Å². The molecule has 2 rings (SSSR count). The predicted octanol–water partition coefficient (Wildman–Crippen LogP) is 3.31. The molecule has 4 nitrogen and oxygen atoms in total. The van der Waals surface area contributed by atoms with Crippen molar-refractivity contribution in [2.75, 3.05) is 5.73 Å². The zero-order chi connectivity index (χ0) is 14.5. The lowest BCUT2D eigenvalue weighted by Gasteiger charge is -2.17. The number of nitrogens with two attached hydrogens (primary N) is 1. The highest BCUT2D eigenvalue weighted by molar-refractivity contribution is 7.10. The number of rotatable bonds is 5. The highest BCUT2D eigenvalue weighted by Crippen LogP contribution is 2.25. The number of anilines is 1. The van der Waals surface area contributed by atoms with Gasteiger partial charge < -0.3 is 16.2 Å². The van der Waals surface area contributed by atoms with Crippen molar-refractivity contribution in [3.63, 3.8) is 0 Å². The normalized spacial score (nSPS) is 12.1. The van der Waals surface area contributed by atoms with Gasteiger partial charge in [0.2, 0.25) is 0 Å². The van der Waals surface area contributed by atoms with E-state index in [1.807, 2.05) is 17.5 Å². The van der Waals surface area contributed by atoms with Crippen LogP contribution in [0.25, 0.3) is 0 Å². The lowest BCUT2D eigenvalue weighted by molar-refractivity contribution is 0.0935. The van der Waals surface area contributed by atoms with Crippen molar-refractivity contribution in [2.45, 2.75) is 25.8 Å². The quantitative estimate of drug-likeness (QED) is 0.584. The van der Waals surface area contributed by atoms with Crippen LogP contribution in [0.3, 0.4) is 0 Å². The summed E-state index contributed by atoms with van der Waals surface area (Å²) in [5.41, 5.74) is 6.46. The van der Waals surface area contributed by atoms with Crippen LogP contribution in [0.5, 0.6) is 5.75 Å². The number of nitrogens with one attached hydrogen (secondary N) is 1. The summed E-state index contributed by atoms with van der Waals surface area (Å²) in [6.07, 6.45) is 1.84. The van der Waals surface area contributed by atoms with Gasteiger partial charge in [-0.25, -0.2) is 0 Å². The van der Waals surface area contributed by atoms with Crippen LogP contribution in [0, 0.1) is 0 Å². The van der Waals surface area contributed by atoms with Gasteiger partial charge in [0.15, 0.2) is 0 Å². The molecule has 0 saturated heterocycles. The van der Waals surface area contributed by atoms with Gasteiger partial charge in [0.1, 0.15) is 5.75 Å². The molecule has 0 aliphatic carbocycles. The number of nitrogen functional groups attached to an aromatic ring is 1. The highest BCUT2D eigenvalue weighted by atomic mass is 32.1. The van der Waals surface area contributed by atoms with Crippen LogP contribution in [-0.4, -0.2) is 11.0 Å². The fourth-order valence-electron chi connectivity index (χ4n) is 2.04. The van der Waals surface area contributed by atoms with Crippen LogP contribution in [0.4, 0.5) is 5.69 Å². The molecule has 1 atom stereocenters. The second-order valence-corrected chi connectivity index (χ2v) is 5.58. The maximum Gasteiger partial charge on any atom is 0.254 e. The van der Waals surface area contributed by atoms with E-state index in [1.54, 1.807) is 11.3 Å².